The van der Waals surface area contributed by atoms with Crippen molar-refractivity contribution in [2.24, 2.45) is 0 Å². The van der Waals surface area contributed by atoms with Gasteiger partial charge in [-0.2, -0.15) is 0 Å². The summed E-state index contributed by atoms with van der Waals surface area (Å²) in [6, 6.07) is 9.38. The average molecular weight is 579 g/mol. The van der Waals surface area contributed by atoms with E-state index in [4.69, 9.17) is 23.4 Å². The van der Waals surface area contributed by atoms with Crippen LogP contribution in [0.15, 0.2) is 51.7 Å². The molecule has 41 heavy (non-hydrogen) atoms. The van der Waals surface area contributed by atoms with Gasteiger partial charge in [-0.25, -0.2) is 0 Å². The topological polar surface area (TPSA) is 229 Å². The number of hydrogen-bond acceptors (Lipinski definition) is 14. The Bertz CT molecular complexity index is 1420. The molecule has 10 atom stereocenters. The highest BCUT2D eigenvalue weighted by Gasteiger charge is 2.50. The molecule has 0 saturated carbocycles. The van der Waals surface area contributed by atoms with Gasteiger partial charge in [-0.1, -0.05) is 0 Å². The van der Waals surface area contributed by atoms with Crippen molar-refractivity contribution in [1.29, 1.82) is 0 Å². The molecule has 14 heteroatoms. The first kappa shape index (κ1) is 29.2. The predicted octanol–water partition coefficient (Wildman–Crippen LogP) is -1.10. The smallest absolute Gasteiger partial charge is 0.229 e. The lowest BCUT2D eigenvalue weighted by molar-refractivity contribution is -0.354. The van der Waals surface area contributed by atoms with E-state index in [1.807, 2.05) is 0 Å². The Kier molecular flexibility index (Phi) is 8.20. The SMILES string of the molecule is C[C@@H]1O[C@@H](O[C@H]2C(Oc3cc(O)c4c(=O)cc(-c5ccc(O)cc5)oc4c3)OC(CO)[C@@H](O)[C@@H]2O)[C@H](O)C(O)C1O. The Balaban J connectivity index is 1.47. The summed E-state index contributed by atoms with van der Waals surface area (Å²) in [6.07, 6.45) is -15.3. The molecule has 2 saturated heterocycles. The predicted molar refractivity (Wildman–Crippen MR) is 137 cm³/mol. The standard InChI is InChI=1S/C27H30O14/c1-10-20(32)22(34)24(36)26(37-10)41-25-23(35)21(33)18(9-28)40-27(25)38-13-6-14(30)19-15(31)8-16(39-17(19)7-13)11-2-4-12(29)5-3-11/h2-8,10,18,20-30,32-36H,9H2,1H3/t10-,18?,20?,21+,22?,23-,24+,25+,26-,27?/m0/s1. The number of aliphatic hydroxyl groups is 6. The third-order valence-electron chi connectivity index (χ3n) is 7.11. The fraction of sp³-hybridized carbons (Fsp3) is 0.444. The van der Waals surface area contributed by atoms with Gasteiger partial charge in [-0.3, -0.25) is 4.79 Å². The Hall–Kier alpha value is -3.31. The fourth-order valence-corrected chi connectivity index (χ4v) is 4.79. The molecule has 0 radical (unpaired) electrons. The molecule has 2 fully saturated rings. The third kappa shape index (κ3) is 5.61. The molecule has 2 aromatic carbocycles. The van der Waals surface area contributed by atoms with Crippen LogP contribution in [0, 0.1) is 0 Å². The van der Waals surface area contributed by atoms with Crippen LogP contribution in [-0.4, -0.2) is 109 Å². The van der Waals surface area contributed by atoms with Crippen LogP contribution in [0.4, 0.5) is 0 Å². The molecule has 8 N–H and O–H groups in total. The zero-order chi connectivity index (χ0) is 29.6. The maximum Gasteiger partial charge on any atom is 0.229 e. The second kappa shape index (κ2) is 11.5. The zero-order valence-corrected chi connectivity index (χ0v) is 21.5. The fourth-order valence-electron chi connectivity index (χ4n) is 4.79. The molecule has 14 nitrogen and oxygen atoms in total. The number of aliphatic hydroxyl groups excluding tert-OH is 6. The summed E-state index contributed by atoms with van der Waals surface area (Å²) in [6.45, 7) is 0.704. The van der Waals surface area contributed by atoms with Crippen LogP contribution in [0.1, 0.15) is 6.92 Å². The Morgan fingerprint density at radius 3 is 2.22 bits per heavy atom. The van der Waals surface area contributed by atoms with Gasteiger partial charge in [0.1, 0.15) is 70.6 Å². The highest BCUT2D eigenvalue weighted by molar-refractivity contribution is 5.86. The van der Waals surface area contributed by atoms with Crippen molar-refractivity contribution >= 4 is 11.0 Å². The highest BCUT2D eigenvalue weighted by atomic mass is 16.8. The molecule has 1 aromatic heterocycles. The summed E-state index contributed by atoms with van der Waals surface area (Å²) in [5, 5.41) is 81.4. The van der Waals surface area contributed by atoms with E-state index in [0.29, 0.717) is 5.56 Å². The quantitative estimate of drug-likeness (QED) is 0.174. The van der Waals surface area contributed by atoms with Gasteiger partial charge < -0.3 is 64.2 Å². The molecular formula is C27H30O14. The van der Waals surface area contributed by atoms with Crippen LogP contribution in [0.25, 0.3) is 22.3 Å². The van der Waals surface area contributed by atoms with Gasteiger partial charge in [0.15, 0.2) is 17.8 Å². The molecule has 0 spiro atoms. The van der Waals surface area contributed by atoms with E-state index in [2.05, 4.69) is 0 Å². The van der Waals surface area contributed by atoms with Crippen molar-refractivity contribution in [3.63, 3.8) is 0 Å². The molecule has 4 unspecified atom stereocenters. The zero-order valence-electron chi connectivity index (χ0n) is 21.5. The number of phenols is 2. The number of phenolic OH excluding ortho intramolecular Hbond substituents is 2. The van der Waals surface area contributed by atoms with Crippen LogP contribution in [0.3, 0.4) is 0 Å². The van der Waals surface area contributed by atoms with Crippen molar-refractivity contribution in [2.45, 2.75) is 68.3 Å². The summed E-state index contributed by atoms with van der Waals surface area (Å²) in [7, 11) is 0. The Morgan fingerprint density at radius 1 is 0.829 bits per heavy atom. The molecule has 3 aromatic rings. The lowest BCUT2D eigenvalue weighted by atomic mass is 9.97. The van der Waals surface area contributed by atoms with Crippen molar-refractivity contribution in [3.8, 4) is 28.6 Å². The van der Waals surface area contributed by atoms with Gasteiger partial charge in [-0.05, 0) is 31.2 Å². The van der Waals surface area contributed by atoms with E-state index in [1.165, 1.54) is 43.3 Å². The molecule has 3 heterocycles. The van der Waals surface area contributed by atoms with E-state index < -0.39 is 79.2 Å². The summed E-state index contributed by atoms with van der Waals surface area (Å²) < 4.78 is 28.4. The number of hydrogen-bond donors (Lipinski definition) is 8. The van der Waals surface area contributed by atoms with Gasteiger partial charge in [0.2, 0.25) is 6.29 Å². The van der Waals surface area contributed by atoms with Crippen LogP contribution < -0.4 is 10.2 Å². The molecule has 5 rings (SSSR count). The summed E-state index contributed by atoms with van der Waals surface area (Å²) in [4.78, 5) is 12.8. The molecule has 222 valence electrons. The number of aromatic hydroxyl groups is 2. The minimum Gasteiger partial charge on any atom is -0.508 e. The average Bonchev–Trinajstić information content (AvgIpc) is 2.94. The Morgan fingerprint density at radius 2 is 1.54 bits per heavy atom. The minimum absolute atomic E-state index is 0.00857. The lowest BCUT2D eigenvalue weighted by Gasteiger charge is -2.45. The maximum atomic E-state index is 12.8. The van der Waals surface area contributed by atoms with Crippen LogP contribution in [0.5, 0.6) is 17.2 Å². The monoisotopic (exact) mass is 578 g/mol. The summed E-state index contributed by atoms with van der Waals surface area (Å²) in [5.74, 6) is -0.498. The van der Waals surface area contributed by atoms with E-state index in [0.717, 1.165) is 6.07 Å². The van der Waals surface area contributed by atoms with Gasteiger partial charge >= 0.3 is 0 Å². The summed E-state index contributed by atoms with van der Waals surface area (Å²) >= 11 is 0. The van der Waals surface area contributed by atoms with Crippen LogP contribution >= 0.6 is 0 Å². The van der Waals surface area contributed by atoms with E-state index in [9.17, 15) is 45.6 Å². The van der Waals surface area contributed by atoms with Gasteiger partial charge in [0.25, 0.3) is 0 Å². The normalized spacial score (nSPS) is 34.0. The second-order valence-corrected chi connectivity index (χ2v) is 9.94. The number of fused-ring (bicyclic) bond motifs is 1. The molecular weight excluding hydrogens is 548 g/mol. The van der Waals surface area contributed by atoms with Crippen molar-refractivity contribution in [1.82, 2.24) is 0 Å². The van der Waals surface area contributed by atoms with E-state index in [-0.39, 0.29) is 28.2 Å². The van der Waals surface area contributed by atoms with E-state index >= 15 is 0 Å². The van der Waals surface area contributed by atoms with Gasteiger partial charge in [-0.15, -0.1) is 0 Å². The van der Waals surface area contributed by atoms with Crippen LogP contribution in [0.2, 0.25) is 0 Å². The van der Waals surface area contributed by atoms with Gasteiger partial charge in [0, 0.05) is 23.8 Å². The molecule has 0 aliphatic carbocycles. The first-order valence-electron chi connectivity index (χ1n) is 12.7. The van der Waals surface area contributed by atoms with Crippen molar-refractivity contribution in [2.75, 3.05) is 6.61 Å². The molecule has 2 aliphatic heterocycles. The first-order valence-corrected chi connectivity index (χ1v) is 12.7. The largest absolute Gasteiger partial charge is 0.508 e. The second-order valence-electron chi connectivity index (χ2n) is 9.94. The molecule has 0 bridgehead atoms. The Labute approximate surface area is 231 Å². The van der Waals surface area contributed by atoms with Crippen molar-refractivity contribution < 1.29 is 64.2 Å². The number of ether oxygens (including phenoxy) is 4. The number of rotatable bonds is 6. The van der Waals surface area contributed by atoms with Crippen molar-refractivity contribution in [3.05, 3.63) is 52.7 Å². The summed E-state index contributed by atoms with van der Waals surface area (Å²) in [5.41, 5.74) is -0.182. The van der Waals surface area contributed by atoms with Gasteiger partial charge in [0.05, 0.1) is 12.7 Å². The number of benzene rings is 2. The highest BCUT2D eigenvalue weighted by Crippen LogP contribution is 2.35. The molecule has 0 amide bonds. The minimum atomic E-state index is -1.76. The van der Waals surface area contributed by atoms with Crippen LogP contribution in [-0.2, 0) is 14.2 Å². The first-order chi connectivity index (χ1) is 19.5. The lowest BCUT2D eigenvalue weighted by Crippen LogP contribution is -2.64. The molecule has 2 aliphatic rings. The third-order valence-corrected chi connectivity index (χ3v) is 7.11. The maximum absolute atomic E-state index is 12.8. The van der Waals surface area contributed by atoms with E-state index in [1.54, 1.807) is 0 Å².